The van der Waals surface area contributed by atoms with Crippen LogP contribution in [-0.4, -0.2) is 24.1 Å². The Bertz CT molecular complexity index is 832. The lowest BCUT2D eigenvalue weighted by atomic mass is 9.82. The van der Waals surface area contributed by atoms with Gasteiger partial charge in [0.25, 0.3) is 0 Å². The number of carboxylic acid groups (broad SMARTS) is 1. The second-order valence-corrected chi connectivity index (χ2v) is 7.21. The molecular weight excluding hydrogens is 334 g/mol. The third kappa shape index (κ3) is 3.28. The Hall–Kier alpha value is -2.50. The lowest BCUT2D eigenvalue weighted by Gasteiger charge is -2.24. The number of ether oxygens (including phenoxy) is 1. The molecule has 6 heteroatoms. The molecule has 1 aromatic heterocycles. The molecule has 0 saturated heterocycles. The van der Waals surface area contributed by atoms with E-state index in [0.29, 0.717) is 18.6 Å². The summed E-state index contributed by atoms with van der Waals surface area (Å²) >= 11 is 0. The molecule has 1 fully saturated rings. The smallest absolute Gasteiger partial charge is 0.310 e. The van der Waals surface area contributed by atoms with Gasteiger partial charge in [-0.15, -0.1) is 0 Å². The number of aliphatic carboxylic acids is 1. The van der Waals surface area contributed by atoms with Crippen LogP contribution in [0.5, 0.6) is 5.75 Å². The van der Waals surface area contributed by atoms with Crippen molar-refractivity contribution in [3.63, 3.8) is 0 Å². The number of carboxylic acids is 1. The van der Waals surface area contributed by atoms with E-state index in [1.165, 1.54) is 0 Å². The van der Waals surface area contributed by atoms with E-state index < -0.39 is 11.4 Å². The minimum Gasteiger partial charge on any atom is -0.497 e. The number of hydrogen-bond acceptors (Lipinski definition) is 4. The van der Waals surface area contributed by atoms with Crippen molar-refractivity contribution >= 4 is 22.8 Å². The van der Waals surface area contributed by atoms with Gasteiger partial charge in [0.05, 0.1) is 18.6 Å². The third-order valence-electron chi connectivity index (χ3n) is 5.46. The summed E-state index contributed by atoms with van der Waals surface area (Å²) in [5.74, 6) is 0.302. The average molecular weight is 359 g/mol. The van der Waals surface area contributed by atoms with Gasteiger partial charge in [-0.05, 0) is 44.9 Å². The zero-order valence-corrected chi connectivity index (χ0v) is 15.4. The van der Waals surface area contributed by atoms with E-state index in [1.807, 2.05) is 32.0 Å². The van der Waals surface area contributed by atoms with Crippen molar-refractivity contribution in [1.29, 1.82) is 0 Å². The maximum atomic E-state index is 12.5. The van der Waals surface area contributed by atoms with Gasteiger partial charge in [0.1, 0.15) is 17.1 Å². The Labute approximate surface area is 152 Å². The topological polar surface area (TPSA) is 88.8 Å². The summed E-state index contributed by atoms with van der Waals surface area (Å²) in [5, 5.41) is 13.4. The number of furan rings is 1. The van der Waals surface area contributed by atoms with Gasteiger partial charge in [-0.1, -0.05) is 12.8 Å². The summed E-state index contributed by atoms with van der Waals surface area (Å²) in [6.45, 7) is 3.79. The van der Waals surface area contributed by atoms with Crippen LogP contribution in [0.15, 0.2) is 22.6 Å². The first kappa shape index (κ1) is 18.3. The number of amides is 1. The predicted octanol–water partition coefficient (Wildman–Crippen LogP) is 3.96. The summed E-state index contributed by atoms with van der Waals surface area (Å²) in [5.41, 5.74) is 0.762. The number of carbonyl (C=O) groups is 2. The summed E-state index contributed by atoms with van der Waals surface area (Å²) in [6, 6.07) is 5.24. The van der Waals surface area contributed by atoms with Gasteiger partial charge < -0.3 is 19.6 Å². The standard InChI is InChI=1S/C20H25NO5/c1-12-15-10-14(25-3)6-7-16(15)26-18(12)13(2)21-17(22)11-20(19(23)24)8-4-5-9-20/h6-7,10,13H,4-5,8-9,11H2,1-3H3,(H,21,22)(H,23,24). The molecule has 0 radical (unpaired) electrons. The number of hydrogen-bond donors (Lipinski definition) is 2. The zero-order valence-electron chi connectivity index (χ0n) is 15.4. The minimum absolute atomic E-state index is 0.0137. The summed E-state index contributed by atoms with van der Waals surface area (Å²) in [7, 11) is 1.61. The van der Waals surface area contributed by atoms with Crippen molar-refractivity contribution in [2.45, 2.75) is 52.0 Å². The van der Waals surface area contributed by atoms with Crippen LogP contribution in [0.3, 0.4) is 0 Å². The fourth-order valence-corrected chi connectivity index (χ4v) is 3.94. The number of aryl methyl sites for hydroxylation is 1. The van der Waals surface area contributed by atoms with Crippen LogP contribution in [0.1, 0.15) is 56.4 Å². The summed E-state index contributed by atoms with van der Waals surface area (Å²) in [4.78, 5) is 24.1. The molecule has 6 nitrogen and oxygen atoms in total. The first-order valence-corrected chi connectivity index (χ1v) is 8.96. The van der Waals surface area contributed by atoms with Crippen molar-refractivity contribution in [2.24, 2.45) is 5.41 Å². The second-order valence-electron chi connectivity index (χ2n) is 7.21. The van der Waals surface area contributed by atoms with E-state index in [1.54, 1.807) is 7.11 Å². The molecule has 1 unspecified atom stereocenters. The fraction of sp³-hybridized carbons (Fsp3) is 0.500. The van der Waals surface area contributed by atoms with E-state index in [-0.39, 0.29) is 18.4 Å². The van der Waals surface area contributed by atoms with Crippen LogP contribution < -0.4 is 10.1 Å². The molecule has 1 heterocycles. The highest BCUT2D eigenvalue weighted by Gasteiger charge is 2.43. The van der Waals surface area contributed by atoms with Crippen LogP contribution in [-0.2, 0) is 9.59 Å². The predicted molar refractivity (Wildman–Crippen MR) is 97.2 cm³/mol. The number of fused-ring (bicyclic) bond motifs is 1. The molecule has 1 amide bonds. The van der Waals surface area contributed by atoms with Gasteiger partial charge in [0, 0.05) is 17.4 Å². The van der Waals surface area contributed by atoms with Crippen molar-refractivity contribution < 1.29 is 23.8 Å². The minimum atomic E-state index is -0.917. The van der Waals surface area contributed by atoms with E-state index >= 15 is 0 Å². The van der Waals surface area contributed by atoms with Gasteiger partial charge in [0.15, 0.2) is 0 Å². The summed E-state index contributed by atoms with van der Waals surface area (Å²) < 4.78 is 11.2. The molecule has 140 valence electrons. The summed E-state index contributed by atoms with van der Waals surface area (Å²) in [6.07, 6.45) is 2.86. The van der Waals surface area contributed by atoms with Crippen LogP contribution >= 0.6 is 0 Å². The second kappa shape index (κ2) is 7.02. The average Bonchev–Trinajstić information content (AvgIpc) is 3.20. The Morgan fingerprint density at radius 3 is 2.65 bits per heavy atom. The molecule has 2 N–H and O–H groups in total. The van der Waals surface area contributed by atoms with E-state index in [0.717, 1.165) is 35.1 Å². The quantitative estimate of drug-likeness (QED) is 0.815. The zero-order chi connectivity index (χ0) is 18.9. The van der Waals surface area contributed by atoms with Crippen LogP contribution in [0.25, 0.3) is 11.0 Å². The molecule has 0 bridgehead atoms. The van der Waals surface area contributed by atoms with Crippen LogP contribution in [0, 0.1) is 12.3 Å². The molecule has 1 aliphatic rings. The van der Waals surface area contributed by atoms with Crippen LogP contribution in [0.2, 0.25) is 0 Å². The maximum absolute atomic E-state index is 12.5. The van der Waals surface area contributed by atoms with Crippen molar-refractivity contribution in [3.05, 3.63) is 29.5 Å². The number of nitrogens with one attached hydrogen (secondary N) is 1. The molecule has 0 spiro atoms. The van der Waals surface area contributed by atoms with Gasteiger partial charge in [0.2, 0.25) is 5.91 Å². The van der Waals surface area contributed by atoms with Crippen molar-refractivity contribution in [3.8, 4) is 5.75 Å². The maximum Gasteiger partial charge on any atom is 0.310 e. The van der Waals surface area contributed by atoms with Crippen LogP contribution in [0.4, 0.5) is 0 Å². The SMILES string of the molecule is COc1ccc2oc(C(C)NC(=O)CC3(C(=O)O)CCCC3)c(C)c2c1. The highest BCUT2D eigenvalue weighted by Crippen LogP contribution is 2.41. The number of rotatable bonds is 6. The first-order valence-electron chi connectivity index (χ1n) is 8.96. The largest absolute Gasteiger partial charge is 0.497 e. The van der Waals surface area contributed by atoms with E-state index in [9.17, 15) is 14.7 Å². The van der Waals surface area contributed by atoms with E-state index in [4.69, 9.17) is 9.15 Å². The molecular formula is C20H25NO5. The van der Waals surface area contributed by atoms with Gasteiger partial charge in [-0.2, -0.15) is 0 Å². The number of benzene rings is 1. The lowest BCUT2D eigenvalue weighted by molar-refractivity contribution is -0.151. The monoisotopic (exact) mass is 359 g/mol. The normalized spacial score (nSPS) is 17.2. The lowest BCUT2D eigenvalue weighted by Crippen LogP contribution is -2.36. The van der Waals surface area contributed by atoms with Gasteiger partial charge in [-0.25, -0.2) is 0 Å². The van der Waals surface area contributed by atoms with Gasteiger partial charge in [-0.3, -0.25) is 9.59 Å². The van der Waals surface area contributed by atoms with Crippen molar-refractivity contribution in [1.82, 2.24) is 5.32 Å². The molecule has 26 heavy (non-hydrogen) atoms. The molecule has 0 aliphatic heterocycles. The molecule has 3 rings (SSSR count). The Kier molecular flexibility index (Phi) is 4.94. The third-order valence-corrected chi connectivity index (χ3v) is 5.46. The number of methoxy groups -OCH3 is 1. The Balaban J connectivity index is 1.76. The molecule has 1 atom stereocenters. The Morgan fingerprint density at radius 1 is 1.35 bits per heavy atom. The number of carbonyl (C=O) groups excluding carboxylic acids is 1. The first-order chi connectivity index (χ1) is 12.4. The molecule has 1 aliphatic carbocycles. The Morgan fingerprint density at radius 2 is 2.04 bits per heavy atom. The molecule has 1 aromatic carbocycles. The highest BCUT2D eigenvalue weighted by molar-refractivity contribution is 5.86. The molecule has 1 saturated carbocycles. The van der Waals surface area contributed by atoms with Gasteiger partial charge >= 0.3 is 5.97 Å². The van der Waals surface area contributed by atoms with Crippen molar-refractivity contribution in [2.75, 3.05) is 7.11 Å². The molecule has 2 aromatic rings. The fourth-order valence-electron chi connectivity index (χ4n) is 3.94. The highest BCUT2D eigenvalue weighted by atomic mass is 16.5. The van der Waals surface area contributed by atoms with E-state index in [2.05, 4.69) is 5.32 Å².